The van der Waals surface area contributed by atoms with Crippen LogP contribution in [0.4, 0.5) is 5.69 Å². The number of nitrogens with zero attached hydrogens (tertiary/aromatic N) is 2. The Labute approximate surface area is 192 Å². The van der Waals surface area contributed by atoms with Gasteiger partial charge < -0.3 is 25.7 Å². The number of nitrogens with two attached hydrogens (primary N) is 1. The van der Waals surface area contributed by atoms with Gasteiger partial charge in [-0.05, 0) is 50.1 Å². The molecule has 1 heterocycles. The number of amides is 1. The van der Waals surface area contributed by atoms with Crippen LogP contribution in [0.1, 0.15) is 28.8 Å². The van der Waals surface area contributed by atoms with Gasteiger partial charge in [-0.15, -0.1) is 0 Å². The Balaban J connectivity index is 0.000000534. The quantitative estimate of drug-likeness (QED) is 0.462. The maximum absolute atomic E-state index is 12.7. The van der Waals surface area contributed by atoms with Crippen molar-refractivity contribution in [2.24, 2.45) is 0 Å². The lowest BCUT2D eigenvalue weighted by Gasteiger charge is -2.37. The number of hydrogen-bond acceptors (Lipinski definition) is 5. The molecular weight excluding hydrogens is 434 g/mol. The Morgan fingerprint density at radius 2 is 1.66 bits per heavy atom. The van der Waals surface area contributed by atoms with Crippen LogP contribution in [0.2, 0.25) is 5.02 Å². The number of aliphatic carboxylic acids is 2. The maximum atomic E-state index is 12.7. The highest BCUT2D eigenvalue weighted by molar-refractivity contribution is 6.34. The second kappa shape index (κ2) is 12.1. The van der Waals surface area contributed by atoms with Crippen LogP contribution in [0.5, 0.6) is 0 Å². The van der Waals surface area contributed by atoms with Crippen molar-refractivity contribution in [1.29, 1.82) is 0 Å². The summed E-state index contributed by atoms with van der Waals surface area (Å²) in [5, 5.41) is 15.2. The van der Waals surface area contributed by atoms with Crippen molar-refractivity contribution in [1.82, 2.24) is 9.80 Å². The van der Waals surface area contributed by atoms with E-state index >= 15 is 0 Å². The van der Waals surface area contributed by atoms with E-state index in [0.717, 1.165) is 38.9 Å². The SMILES string of the molecule is CN(CCc1ccccc1)C1CCN(C(=O)c2ccc(N)cc2Cl)CC1.O=C(O)C(=O)O. The summed E-state index contributed by atoms with van der Waals surface area (Å²) in [6.45, 7) is 2.56. The van der Waals surface area contributed by atoms with Gasteiger partial charge in [-0.3, -0.25) is 4.79 Å². The molecule has 1 saturated heterocycles. The molecule has 0 atom stereocenters. The van der Waals surface area contributed by atoms with Gasteiger partial charge in [-0.25, -0.2) is 9.59 Å². The van der Waals surface area contributed by atoms with Crippen LogP contribution in [0.25, 0.3) is 0 Å². The number of rotatable bonds is 5. The van der Waals surface area contributed by atoms with E-state index in [4.69, 9.17) is 37.1 Å². The lowest BCUT2D eigenvalue weighted by Crippen LogP contribution is -2.46. The molecule has 4 N–H and O–H groups in total. The predicted molar refractivity (Wildman–Crippen MR) is 123 cm³/mol. The minimum Gasteiger partial charge on any atom is -0.473 e. The van der Waals surface area contributed by atoms with Gasteiger partial charge in [0.05, 0.1) is 10.6 Å². The number of hydrogen-bond donors (Lipinski definition) is 3. The van der Waals surface area contributed by atoms with Gasteiger partial charge in [0.15, 0.2) is 0 Å². The molecule has 1 fully saturated rings. The zero-order chi connectivity index (χ0) is 23.7. The molecule has 2 aromatic carbocycles. The molecule has 0 aromatic heterocycles. The molecule has 1 aliphatic heterocycles. The molecule has 32 heavy (non-hydrogen) atoms. The zero-order valence-corrected chi connectivity index (χ0v) is 18.7. The molecular formula is C23H28ClN3O5. The van der Waals surface area contributed by atoms with Crippen molar-refractivity contribution >= 4 is 35.1 Å². The van der Waals surface area contributed by atoms with Crippen molar-refractivity contribution < 1.29 is 24.6 Å². The number of likely N-dealkylation sites (N-methyl/N-ethyl adjacent to an activating group) is 1. The summed E-state index contributed by atoms with van der Waals surface area (Å²) in [6.07, 6.45) is 3.03. The summed E-state index contributed by atoms with van der Waals surface area (Å²) in [7, 11) is 2.18. The number of anilines is 1. The van der Waals surface area contributed by atoms with Crippen LogP contribution in [-0.4, -0.2) is 70.6 Å². The fourth-order valence-corrected chi connectivity index (χ4v) is 3.79. The fraction of sp³-hybridized carbons (Fsp3) is 0.348. The Kier molecular flexibility index (Phi) is 9.49. The lowest BCUT2D eigenvalue weighted by atomic mass is 10.0. The van der Waals surface area contributed by atoms with Crippen LogP contribution >= 0.6 is 11.6 Å². The topological polar surface area (TPSA) is 124 Å². The fourth-order valence-electron chi connectivity index (χ4n) is 3.52. The first-order valence-electron chi connectivity index (χ1n) is 10.2. The molecule has 9 heteroatoms. The van der Waals surface area contributed by atoms with E-state index in [9.17, 15) is 4.79 Å². The third-order valence-corrected chi connectivity index (χ3v) is 5.69. The first-order valence-corrected chi connectivity index (χ1v) is 10.6. The molecule has 172 valence electrons. The molecule has 0 saturated carbocycles. The van der Waals surface area contributed by atoms with Gasteiger partial charge >= 0.3 is 11.9 Å². The number of carbonyl (C=O) groups excluding carboxylic acids is 1. The Morgan fingerprint density at radius 1 is 1.06 bits per heavy atom. The minimum absolute atomic E-state index is 0.000360. The van der Waals surface area contributed by atoms with Crippen LogP contribution in [-0.2, 0) is 16.0 Å². The maximum Gasteiger partial charge on any atom is 0.414 e. The molecule has 1 aliphatic rings. The predicted octanol–water partition coefficient (Wildman–Crippen LogP) is 2.86. The smallest absolute Gasteiger partial charge is 0.414 e. The largest absolute Gasteiger partial charge is 0.473 e. The number of benzene rings is 2. The summed E-state index contributed by atoms with van der Waals surface area (Å²) >= 11 is 6.19. The van der Waals surface area contributed by atoms with E-state index in [-0.39, 0.29) is 5.91 Å². The summed E-state index contributed by atoms with van der Waals surface area (Å²) < 4.78 is 0. The minimum atomic E-state index is -1.82. The van der Waals surface area contributed by atoms with Crippen LogP contribution in [0, 0.1) is 0 Å². The Bertz CT molecular complexity index is 918. The standard InChI is InChI=1S/C21H26ClN3O.C2H2O4/c1-24(12-9-16-5-3-2-4-6-16)18-10-13-25(14-11-18)21(26)19-8-7-17(23)15-20(19)22;3-1(4)2(5)6/h2-8,15,18H,9-14,23H2,1H3;(H,3,4)(H,5,6). The molecule has 2 aromatic rings. The van der Waals surface area contributed by atoms with Gasteiger partial charge in [0.25, 0.3) is 5.91 Å². The van der Waals surface area contributed by atoms with Crippen LogP contribution < -0.4 is 5.73 Å². The Morgan fingerprint density at radius 3 is 2.19 bits per heavy atom. The number of carbonyl (C=O) groups is 3. The normalized spacial score (nSPS) is 13.9. The third-order valence-electron chi connectivity index (χ3n) is 5.38. The van der Waals surface area contributed by atoms with Gasteiger partial charge in [-0.1, -0.05) is 41.9 Å². The first kappa shape index (κ1) is 25.2. The van der Waals surface area contributed by atoms with Crippen molar-refractivity contribution in [3.63, 3.8) is 0 Å². The van der Waals surface area contributed by atoms with E-state index in [1.165, 1.54) is 5.56 Å². The highest BCUT2D eigenvalue weighted by atomic mass is 35.5. The van der Waals surface area contributed by atoms with Crippen molar-refractivity contribution in [2.75, 3.05) is 32.4 Å². The summed E-state index contributed by atoms with van der Waals surface area (Å²) in [5.74, 6) is -3.65. The Hall–Kier alpha value is -3.10. The van der Waals surface area contributed by atoms with E-state index < -0.39 is 11.9 Å². The number of likely N-dealkylation sites (tertiary alicyclic amines) is 1. The number of piperidine rings is 1. The van der Waals surface area contributed by atoms with Crippen molar-refractivity contribution in [3.8, 4) is 0 Å². The summed E-state index contributed by atoms with van der Waals surface area (Å²) in [5.41, 5.74) is 8.19. The van der Waals surface area contributed by atoms with Crippen LogP contribution in [0.3, 0.4) is 0 Å². The van der Waals surface area contributed by atoms with Gasteiger partial charge in [0.1, 0.15) is 0 Å². The summed E-state index contributed by atoms with van der Waals surface area (Å²) in [4.78, 5) is 35.2. The van der Waals surface area contributed by atoms with Crippen molar-refractivity contribution in [3.05, 3.63) is 64.7 Å². The first-order chi connectivity index (χ1) is 15.2. The lowest BCUT2D eigenvalue weighted by molar-refractivity contribution is -0.159. The zero-order valence-electron chi connectivity index (χ0n) is 17.9. The van der Waals surface area contributed by atoms with E-state index in [0.29, 0.717) is 22.3 Å². The highest BCUT2D eigenvalue weighted by Crippen LogP contribution is 2.23. The van der Waals surface area contributed by atoms with E-state index in [1.54, 1.807) is 18.2 Å². The molecule has 8 nitrogen and oxygen atoms in total. The average Bonchev–Trinajstić information content (AvgIpc) is 2.78. The highest BCUT2D eigenvalue weighted by Gasteiger charge is 2.26. The average molecular weight is 462 g/mol. The molecule has 0 unspecified atom stereocenters. The van der Waals surface area contributed by atoms with Crippen molar-refractivity contribution in [2.45, 2.75) is 25.3 Å². The molecule has 1 amide bonds. The number of carboxylic acids is 2. The van der Waals surface area contributed by atoms with E-state index in [1.807, 2.05) is 11.0 Å². The van der Waals surface area contributed by atoms with Gasteiger partial charge in [0, 0.05) is 31.4 Å². The molecule has 0 radical (unpaired) electrons. The molecule has 0 bridgehead atoms. The molecule has 0 spiro atoms. The summed E-state index contributed by atoms with van der Waals surface area (Å²) in [6, 6.07) is 16.2. The number of nitrogen functional groups attached to an aromatic ring is 1. The van der Waals surface area contributed by atoms with Gasteiger partial charge in [-0.2, -0.15) is 0 Å². The number of carboxylic acid groups (broad SMARTS) is 2. The second-order valence-corrected chi connectivity index (χ2v) is 8.00. The van der Waals surface area contributed by atoms with E-state index in [2.05, 4.69) is 36.2 Å². The molecule has 3 rings (SSSR count). The van der Waals surface area contributed by atoms with Gasteiger partial charge in [0.2, 0.25) is 0 Å². The third kappa shape index (κ3) is 7.55. The second-order valence-electron chi connectivity index (χ2n) is 7.59. The monoisotopic (exact) mass is 461 g/mol. The molecule has 0 aliphatic carbocycles. The van der Waals surface area contributed by atoms with Crippen LogP contribution in [0.15, 0.2) is 48.5 Å². The number of halogens is 1.